The van der Waals surface area contributed by atoms with Crippen LogP contribution in [0.4, 0.5) is 5.69 Å². The topological polar surface area (TPSA) is 29.3 Å². The highest BCUT2D eigenvalue weighted by Gasteiger charge is 2.31. The maximum atomic E-state index is 6.15. The first-order valence-corrected chi connectivity index (χ1v) is 8.77. The predicted octanol–water partition coefficient (Wildman–Crippen LogP) is 4.05. The van der Waals surface area contributed by atoms with Gasteiger partial charge in [0.15, 0.2) is 0 Å². The van der Waals surface area contributed by atoms with Crippen LogP contribution < -0.4 is 10.6 Å². The summed E-state index contributed by atoms with van der Waals surface area (Å²) in [6.45, 7) is 5.48. The minimum atomic E-state index is 0.431. The van der Waals surface area contributed by atoms with Crippen molar-refractivity contribution >= 4 is 5.69 Å². The fraction of sp³-hybridized carbons (Fsp3) is 0.684. The van der Waals surface area contributed by atoms with E-state index in [2.05, 4.69) is 30.0 Å². The number of fused-ring (bicyclic) bond motifs is 1. The first-order valence-electron chi connectivity index (χ1n) is 8.77. The number of nitrogens with zero attached hydrogens (tertiary/aromatic N) is 1. The molecule has 3 rings (SSSR count). The SMILES string of the molecule is Cc1ccc2c(c1)CCCN2CCC1(CN)CCCCC1. The zero-order valence-electron chi connectivity index (χ0n) is 13.5. The Bertz CT molecular complexity index is 474. The first kappa shape index (κ1) is 14.9. The molecule has 0 saturated heterocycles. The van der Waals surface area contributed by atoms with E-state index in [4.69, 9.17) is 5.73 Å². The molecular formula is C19H30N2. The van der Waals surface area contributed by atoms with Gasteiger partial charge in [-0.3, -0.25) is 0 Å². The molecule has 1 saturated carbocycles. The van der Waals surface area contributed by atoms with Crippen LogP contribution in [0.2, 0.25) is 0 Å². The second kappa shape index (κ2) is 6.39. The van der Waals surface area contributed by atoms with Crippen LogP contribution in [0.3, 0.4) is 0 Å². The lowest BCUT2D eigenvalue weighted by molar-refractivity contribution is 0.184. The van der Waals surface area contributed by atoms with E-state index in [9.17, 15) is 0 Å². The van der Waals surface area contributed by atoms with E-state index in [1.807, 2.05) is 0 Å². The van der Waals surface area contributed by atoms with Crippen LogP contribution in [0, 0.1) is 12.3 Å². The van der Waals surface area contributed by atoms with Gasteiger partial charge in [0, 0.05) is 18.8 Å². The fourth-order valence-electron chi connectivity index (χ4n) is 4.27. The van der Waals surface area contributed by atoms with Crippen molar-refractivity contribution in [3.05, 3.63) is 29.3 Å². The van der Waals surface area contributed by atoms with Crippen LogP contribution >= 0.6 is 0 Å². The van der Waals surface area contributed by atoms with Crippen molar-refractivity contribution in [3.63, 3.8) is 0 Å². The number of benzene rings is 1. The lowest BCUT2D eigenvalue weighted by Gasteiger charge is -2.39. The molecule has 2 N–H and O–H groups in total. The Morgan fingerprint density at radius 3 is 2.71 bits per heavy atom. The molecule has 0 spiro atoms. The van der Waals surface area contributed by atoms with Crippen LogP contribution in [0.1, 0.15) is 56.1 Å². The predicted molar refractivity (Wildman–Crippen MR) is 90.9 cm³/mol. The molecule has 1 heterocycles. The highest BCUT2D eigenvalue weighted by atomic mass is 15.1. The van der Waals surface area contributed by atoms with Gasteiger partial charge in [0.25, 0.3) is 0 Å². The maximum absolute atomic E-state index is 6.15. The first-order chi connectivity index (χ1) is 10.2. The second-order valence-corrected chi connectivity index (χ2v) is 7.24. The van der Waals surface area contributed by atoms with Crippen molar-refractivity contribution < 1.29 is 0 Å². The third-order valence-electron chi connectivity index (χ3n) is 5.71. The Morgan fingerprint density at radius 1 is 1.14 bits per heavy atom. The molecule has 0 bridgehead atoms. The standard InChI is InChI=1S/C19H30N2/c1-16-7-8-18-17(14-16)6-5-12-21(18)13-11-19(15-20)9-3-2-4-10-19/h7-8,14H,2-6,9-13,15,20H2,1H3. The molecule has 1 aliphatic heterocycles. The van der Waals surface area contributed by atoms with Crippen molar-refractivity contribution in [2.24, 2.45) is 11.1 Å². The quantitative estimate of drug-likeness (QED) is 0.905. The summed E-state index contributed by atoms with van der Waals surface area (Å²) in [5.74, 6) is 0. The zero-order chi connectivity index (χ0) is 14.7. The van der Waals surface area contributed by atoms with Gasteiger partial charge in [-0.2, -0.15) is 0 Å². The normalized spacial score (nSPS) is 21.1. The van der Waals surface area contributed by atoms with E-state index in [-0.39, 0.29) is 0 Å². The van der Waals surface area contributed by atoms with Crippen LogP contribution in [-0.2, 0) is 6.42 Å². The van der Waals surface area contributed by atoms with E-state index in [1.165, 1.54) is 75.7 Å². The summed E-state index contributed by atoms with van der Waals surface area (Å²) in [7, 11) is 0. The monoisotopic (exact) mass is 286 g/mol. The molecule has 0 amide bonds. The van der Waals surface area contributed by atoms with E-state index in [0.717, 1.165) is 6.54 Å². The summed E-state index contributed by atoms with van der Waals surface area (Å²) >= 11 is 0. The van der Waals surface area contributed by atoms with E-state index < -0.39 is 0 Å². The Kier molecular flexibility index (Phi) is 4.54. The number of anilines is 1. The molecule has 1 aromatic carbocycles. The molecule has 2 nitrogen and oxygen atoms in total. The molecule has 0 atom stereocenters. The van der Waals surface area contributed by atoms with Crippen LogP contribution in [0.25, 0.3) is 0 Å². The fourth-order valence-corrected chi connectivity index (χ4v) is 4.27. The summed E-state index contributed by atoms with van der Waals surface area (Å²) in [5.41, 5.74) is 11.0. The van der Waals surface area contributed by atoms with Crippen LogP contribution in [0.5, 0.6) is 0 Å². The Balaban J connectivity index is 1.69. The molecule has 21 heavy (non-hydrogen) atoms. The van der Waals surface area contributed by atoms with Crippen LogP contribution in [-0.4, -0.2) is 19.6 Å². The van der Waals surface area contributed by atoms with Crippen molar-refractivity contribution in [2.45, 2.75) is 58.3 Å². The third kappa shape index (κ3) is 3.26. The highest BCUT2D eigenvalue weighted by molar-refractivity contribution is 5.56. The summed E-state index contributed by atoms with van der Waals surface area (Å²) < 4.78 is 0. The summed E-state index contributed by atoms with van der Waals surface area (Å²) in [4.78, 5) is 2.62. The average molecular weight is 286 g/mol. The van der Waals surface area contributed by atoms with Gasteiger partial charge in [-0.05, 0) is 62.6 Å². The number of hydrogen-bond acceptors (Lipinski definition) is 2. The Hall–Kier alpha value is -1.02. The molecular weight excluding hydrogens is 256 g/mol. The minimum absolute atomic E-state index is 0.431. The van der Waals surface area contributed by atoms with Crippen molar-refractivity contribution in [1.82, 2.24) is 0 Å². The summed E-state index contributed by atoms with van der Waals surface area (Å²) in [5, 5.41) is 0. The Labute approximate surface area is 129 Å². The van der Waals surface area contributed by atoms with Gasteiger partial charge in [0.2, 0.25) is 0 Å². The zero-order valence-corrected chi connectivity index (χ0v) is 13.5. The molecule has 0 unspecified atom stereocenters. The van der Waals surface area contributed by atoms with Crippen molar-refractivity contribution in [3.8, 4) is 0 Å². The van der Waals surface area contributed by atoms with Gasteiger partial charge in [-0.15, -0.1) is 0 Å². The average Bonchev–Trinajstić information content (AvgIpc) is 2.53. The van der Waals surface area contributed by atoms with Gasteiger partial charge in [0.1, 0.15) is 0 Å². The Morgan fingerprint density at radius 2 is 1.95 bits per heavy atom. The summed E-state index contributed by atoms with van der Waals surface area (Å²) in [6, 6.07) is 6.97. The lowest BCUT2D eigenvalue weighted by Crippen LogP contribution is -2.38. The number of rotatable bonds is 4. The van der Waals surface area contributed by atoms with Gasteiger partial charge >= 0.3 is 0 Å². The lowest BCUT2D eigenvalue weighted by atomic mass is 9.72. The largest absolute Gasteiger partial charge is 0.371 e. The van der Waals surface area contributed by atoms with E-state index >= 15 is 0 Å². The van der Waals surface area contributed by atoms with Crippen molar-refractivity contribution in [1.29, 1.82) is 0 Å². The van der Waals surface area contributed by atoms with Crippen molar-refractivity contribution in [2.75, 3.05) is 24.5 Å². The number of aryl methyl sites for hydroxylation is 2. The molecule has 0 aromatic heterocycles. The second-order valence-electron chi connectivity index (χ2n) is 7.24. The highest BCUT2D eigenvalue weighted by Crippen LogP contribution is 2.39. The molecule has 2 heteroatoms. The minimum Gasteiger partial charge on any atom is -0.371 e. The molecule has 0 radical (unpaired) electrons. The number of hydrogen-bond donors (Lipinski definition) is 1. The molecule has 2 aliphatic rings. The van der Waals surface area contributed by atoms with Gasteiger partial charge in [0.05, 0.1) is 0 Å². The van der Waals surface area contributed by atoms with Gasteiger partial charge < -0.3 is 10.6 Å². The molecule has 1 aromatic rings. The van der Waals surface area contributed by atoms with Crippen LogP contribution in [0.15, 0.2) is 18.2 Å². The van der Waals surface area contributed by atoms with E-state index in [0.29, 0.717) is 5.41 Å². The molecule has 116 valence electrons. The van der Waals surface area contributed by atoms with Gasteiger partial charge in [-0.1, -0.05) is 37.0 Å². The van der Waals surface area contributed by atoms with E-state index in [1.54, 1.807) is 5.56 Å². The molecule has 1 fully saturated rings. The van der Waals surface area contributed by atoms with Gasteiger partial charge in [-0.25, -0.2) is 0 Å². The number of nitrogens with two attached hydrogens (primary N) is 1. The summed E-state index contributed by atoms with van der Waals surface area (Å²) in [6.07, 6.45) is 10.7. The smallest absolute Gasteiger partial charge is 0.0398 e. The third-order valence-corrected chi connectivity index (χ3v) is 5.71. The molecule has 1 aliphatic carbocycles. The maximum Gasteiger partial charge on any atom is 0.0398 e.